The van der Waals surface area contributed by atoms with Crippen LogP contribution in [0.2, 0.25) is 5.15 Å². The van der Waals surface area contributed by atoms with Gasteiger partial charge in [0.2, 0.25) is 0 Å². The number of rotatable bonds is 3. The fraction of sp³-hybridized carbons (Fsp3) is 0.143. The quantitative estimate of drug-likeness (QED) is 0.862. The van der Waals surface area contributed by atoms with E-state index >= 15 is 0 Å². The monoisotopic (exact) mass is 261 g/mol. The molecule has 1 N–H and O–H groups in total. The second kappa shape index (κ2) is 5.19. The van der Waals surface area contributed by atoms with E-state index in [9.17, 15) is 9.90 Å². The summed E-state index contributed by atoms with van der Waals surface area (Å²) in [6.45, 7) is 1.88. The molecule has 0 saturated carbocycles. The molecular weight excluding hydrogens is 250 g/mol. The van der Waals surface area contributed by atoms with Gasteiger partial charge in [-0.15, -0.1) is 0 Å². The Balaban J connectivity index is 2.34. The largest absolute Gasteiger partial charge is 0.478 e. The smallest absolute Gasteiger partial charge is 0.335 e. The lowest BCUT2D eigenvalue weighted by atomic mass is 9.99. The van der Waals surface area contributed by atoms with Crippen molar-refractivity contribution < 1.29 is 9.90 Å². The molecule has 0 spiro atoms. The lowest BCUT2D eigenvalue weighted by molar-refractivity contribution is 0.0695. The van der Waals surface area contributed by atoms with Crippen LogP contribution < -0.4 is 0 Å². The van der Waals surface area contributed by atoms with Crippen LogP contribution in [0, 0.1) is 6.92 Å². The number of carboxylic acids is 1. The van der Waals surface area contributed by atoms with Gasteiger partial charge in [0.05, 0.1) is 5.56 Å². The first kappa shape index (κ1) is 12.6. The molecule has 0 amide bonds. The van der Waals surface area contributed by atoms with E-state index in [0.29, 0.717) is 17.1 Å². The Labute approximate surface area is 110 Å². The number of hydrogen-bond donors (Lipinski definition) is 1. The second-order valence-electron chi connectivity index (χ2n) is 4.13. The Kier molecular flexibility index (Phi) is 3.63. The van der Waals surface area contributed by atoms with Gasteiger partial charge >= 0.3 is 5.97 Å². The normalized spacial score (nSPS) is 10.3. The van der Waals surface area contributed by atoms with E-state index in [4.69, 9.17) is 11.6 Å². The maximum absolute atomic E-state index is 11.2. The summed E-state index contributed by atoms with van der Waals surface area (Å²) >= 11 is 5.71. The van der Waals surface area contributed by atoms with Crippen LogP contribution in [-0.2, 0) is 6.42 Å². The van der Waals surface area contributed by atoms with Crippen LogP contribution in [0.4, 0.5) is 0 Å². The molecule has 4 heteroatoms. The van der Waals surface area contributed by atoms with Crippen molar-refractivity contribution in [1.29, 1.82) is 0 Å². The first-order valence-corrected chi connectivity index (χ1v) is 5.87. The number of aryl methyl sites for hydroxylation is 1. The minimum Gasteiger partial charge on any atom is -0.478 e. The molecule has 0 atom stereocenters. The summed E-state index contributed by atoms with van der Waals surface area (Å²) in [5.74, 6) is -0.907. The fourth-order valence-electron chi connectivity index (χ4n) is 1.77. The highest BCUT2D eigenvalue weighted by Gasteiger charge is 2.10. The van der Waals surface area contributed by atoms with Gasteiger partial charge in [-0.3, -0.25) is 0 Å². The maximum atomic E-state index is 11.2. The lowest BCUT2D eigenvalue weighted by Crippen LogP contribution is -2.03. The number of aromatic nitrogens is 1. The van der Waals surface area contributed by atoms with E-state index < -0.39 is 5.97 Å². The molecule has 1 aromatic carbocycles. The van der Waals surface area contributed by atoms with Crippen molar-refractivity contribution in [1.82, 2.24) is 4.98 Å². The number of benzene rings is 1. The molecule has 0 fully saturated rings. The lowest BCUT2D eigenvalue weighted by Gasteiger charge is -2.07. The summed E-state index contributed by atoms with van der Waals surface area (Å²) < 4.78 is 0. The molecule has 18 heavy (non-hydrogen) atoms. The molecule has 0 aliphatic carbocycles. The summed E-state index contributed by atoms with van der Waals surface area (Å²) in [4.78, 5) is 15.2. The zero-order valence-corrected chi connectivity index (χ0v) is 10.6. The van der Waals surface area contributed by atoms with Gasteiger partial charge in [-0.1, -0.05) is 35.4 Å². The van der Waals surface area contributed by atoms with Crippen LogP contribution in [-0.4, -0.2) is 16.1 Å². The topological polar surface area (TPSA) is 50.2 Å². The van der Waals surface area contributed by atoms with E-state index in [1.54, 1.807) is 18.3 Å². The Hall–Kier alpha value is -1.87. The second-order valence-corrected chi connectivity index (χ2v) is 4.52. The minimum absolute atomic E-state index is 0.338. The zero-order chi connectivity index (χ0) is 13.1. The van der Waals surface area contributed by atoms with Crippen molar-refractivity contribution in [2.45, 2.75) is 13.3 Å². The number of pyridine rings is 1. The summed E-state index contributed by atoms with van der Waals surface area (Å²) in [6.07, 6.45) is 2.19. The molecule has 1 heterocycles. The summed E-state index contributed by atoms with van der Waals surface area (Å²) in [5.41, 5.74) is 2.98. The number of carbonyl (C=O) groups is 1. The predicted octanol–water partition coefficient (Wildman–Crippen LogP) is 3.33. The van der Waals surface area contributed by atoms with Gasteiger partial charge in [-0.2, -0.15) is 0 Å². The zero-order valence-electron chi connectivity index (χ0n) is 9.85. The van der Waals surface area contributed by atoms with E-state index in [1.807, 2.05) is 25.1 Å². The molecule has 0 radical (unpaired) electrons. The van der Waals surface area contributed by atoms with Gasteiger partial charge in [-0.25, -0.2) is 9.78 Å². The molecule has 0 aliphatic heterocycles. The Bertz CT molecular complexity index is 579. The average molecular weight is 262 g/mol. The Morgan fingerprint density at radius 2 is 2.11 bits per heavy atom. The summed E-state index contributed by atoms with van der Waals surface area (Å²) in [7, 11) is 0. The van der Waals surface area contributed by atoms with Crippen molar-refractivity contribution in [2.75, 3.05) is 0 Å². The molecule has 0 unspecified atom stereocenters. The van der Waals surface area contributed by atoms with Crippen molar-refractivity contribution in [3.63, 3.8) is 0 Å². The SMILES string of the molecule is Cc1ccc(Cc2ccc(Cl)nc2)c(C(=O)O)c1. The highest BCUT2D eigenvalue weighted by atomic mass is 35.5. The third kappa shape index (κ3) is 2.87. The Morgan fingerprint density at radius 1 is 1.33 bits per heavy atom. The fourth-order valence-corrected chi connectivity index (χ4v) is 1.89. The molecular formula is C14H12ClNO2. The molecule has 0 bridgehead atoms. The molecule has 0 aliphatic rings. The van der Waals surface area contributed by atoms with Crippen LogP contribution in [0.25, 0.3) is 0 Å². The van der Waals surface area contributed by atoms with Gasteiger partial charge < -0.3 is 5.11 Å². The van der Waals surface area contributed by atoms with E-state index in [-0.39, 0.29) is 0 Å². The average Bonchev–Trinajstić information content (AvgIpc) is 2.34. The van der Waals surface area contributed by atoms with Gasteiger partial charge in [0.15, 0.2) is 0 Å². The number of aromatic carboxylic acids is 1. The van der Waals surface area contributed by atoms with Crippen molar-refractivity contribution >= 4 is 17.6 Å². The third-order valence-electron chi connectivity index (χ3n) is 2.68. The molecule has 92 valence electrons. The standard InChI is InChI=1S/C14H12ClNO2/c1-9-2-4-11(12(6-9)14(17)18)7-10-3-5-13(15)16-8-10/h2-6,8H,7H2,1H3,(H,17,18). The predicted molar refractivity (Wildman–Crippen MR) is 70.2 cm³/mol. The van der Waals surface area contributed by atoms with Crippen molar-refractivity contribution in [3.05, 3.63) is 63.9 Å². The number of nitrogens with zero attached hydrogens (tertiary/aromatic N) is 1. The Morgan fingerprint density at radius 3 is 2.72 bits per heavy atom. The van der Waals surface area contributed by atoms with Gasteiger partial charge in [0.1, 0.15) is 5.15 Å². The van der Waals surface area contributed by atoms with E-state index in [2.05, 4.69) is 4.98 Å². The van der Waals surface area contributed by atoms with Crippen LogP contribution in [0.15, 0.2) is 36.5 Å². The van der Waals surface area contributed by atoms with Crippen molar-refractivity contribution in [2.24, 2.45) is 0 Å². The molecule has 2 aromatic rings. The summed E-state index contributed by atoms with van der Waals surface area (Å²) in [5, 5.41) is 9.61. The molecule has 0 saturated heterocycles. The molecule has 1 aromatic heterocycles. The number of halogens is 1. The van der Waals surface area contributed by atoms with Gasteiger partial charge in [0, 0.05) is 6.20 Å². The highest BCUT2D eigenvalue weighted by molar-refractivity contribution is 6.29. The van der Waals surface area contributed by atoms with Crippen LogP contribution in [0.5, 0.6) is 0 Å². The van der Waals surface area contributed by atoms with Gasteiger partial charge in [-0.05, 0) is 36.6 Å². The first-order valence-electron chi connectivity index (χ1n) is 5.49. The van der Waals surface area contributed by atoms with Gasteiger partial charge in [0.25, 0.3) is 0 Å². The maximum Gasteiger partial charge on any atom is 0.335 e. The van der Waals surface area contributed by atoms with Crippen LogP contribution in [0.1, 0.15) is 27.0 Å². The molecule has 3 nitrogen and oxygen atoms in total. The van der Waals surface area contributed by atoms with Crippen molar-refractivity contribution in [3.8, 4) is 0 Å². The van der Waals surface area contributed by atoms with Crippen LogP contribution >= 0.6 is 11.6 Å². The third-order valence-corrected chi connectivity index (χ3v) is 2.90. The van der Waals surface area contributed by atoms with Crippen LogP contribution in [0.3, 0.4) is 0 Å². The van der Waals surface area contributed by atoms with E-state index in [0.717, 1.165) is 16.7 Å². The molecule has 2 rings (SSSR count). The number of hydrogen-bond acceptors (Lipinski definition) is 2. The first-order chi connectivity index (χ1) is 8.56. The summed E-state index contributed by atoms with van der Waals surface area (Å²) in [6, 6.07) is 8.98. The number of carboxylic acid groups (broad SMARTS) is 1. The van der Waals surface area contributed by atoms with E-state index in [1.165, 1.54) is 0 Å². The highest BCUT2D eigenvalue weighted by Crippen LogP contribution is 2.17. The minimum atomic E-state index is -0.907.